The number of hydrogen-bond acceptors (Lipinski definition) is 9. The Morgan fingerprint density at radius 2 is 1.82 bits per heavy atom. The number of hydrogen-bond donors (Lipinski definition) is 5. The zero-order chi connectivity index (χ0) is 28.3. The molecule has 212 valence electrons. The summed E-state index contributed by atoms with van der Waals surface area (Å²) in [5.74, 6) is -1.34. The molecule has 6 atom stereocenters. The maximum absolute atomic E-state index is 12.8. The summed E-state index contributed by atoms with van der Waals surface area (Å²) in [6, 6.07) is 8.53. The second-order valence-corrected chi connectivity index (χ2v) is 10.3. The fourth-order valence-corrected chi connectivity index (χ4v) is 3.77. The molecule has 0 aromatic heterocycles. The number of allylic oxidation sites excluding steroid dienone is 1. The third kappa shape index (κ3) is 10.4. The van der Waals surface area contributed by atoms with Gasteiger partial charge in [-0.3, -0.25) is 9.59 Å². The van der Waals surface area contributed by atoms with Gasteiger partial charge in [0.25, 0.3) is 5.91 Å². The van der Waals surface area contributed by atoms with E-state index >= 15 is 0 Å². The van der Waals surface area contributed by atoms with Crippen LogP contribution in [0.25, 0.3) is 0 Å². The van der Waals surface area contributed by atoms with Crippen molar-refractivity contribution in [3.63, 3.8) is 0 Å². The SMILES string of the molecule is COC(C(=O)NC1CCC(OC(=O)OCCc2ccccc2)CNC1=O)C(O)C(O)C(O)/C=C/C(C)(C)C. The second-order valence-electron chi connectivity index (χ2n) is 10.3. The summed E-state index contributed by atoms with van der Waals surface area (Å²) in [6.45, 7) is 5.88. The van der Waals surface area contributed by atoms with Crippen LogP contribution in [-0.4, -0.2) is 90.1 Å². The molecular formula is C27H40N2O9. The lowest BCUT2D eigenvalue weighted by Crippen LogP contribution is -2.55. The highest BCUT2D eigenvalue weighted by atomic mass is 16.7. The minimum absolute atomic E-state index is 0.0420. The molecule has 1 aliphatic rings. The van der Waals surface area contributed by atoms with Crippen LogP contribution in [0.1, 0.15) is 39.2 Å². The number of ether oxygens (including phenoxy) is 3. The van der Waals surface area contributed by atoms with E-state index in [1.165, 1.54) is 6.08 Å². The zero-order valence-corrected chi connectivity index (χ0v) is 22.3. The van der Waals surface area contributed by atoms with E-state index in [1.54, 1.807) is 6.08 Å². The first-order valence-corrected chi connectivity index (χ1v) is 12.6. The van der Waals surface area contributed by atoms with Crippen molar-refractivity contribution < 1.29 is 43.9 Å². The standard InChI is InChI=1S/C27H40N2O9/c1-27(2,3)14-12-20(30)21(31)22(32)23(36-4)25(34)29-19-11-10-18(16-28-24(19)33)38-26(35)37-15-13-17-8-6-5-7-9-17/h5-9,12,14,18-23,30-32H,10-11,13,15-16H2,1-4H3,(H,28,33)(H,29,34)/b14-12+. The van der Waals surface area contributed by atoms with E-state index in [2.05, 4.69) is 10.6 Å². The number of methoxy groups -OCH3 is 1. The molecule has 5 N–H and O–H groups in total. The van der Waals surface area contributed by atoms with Crippen LogP contribution in [0.2, 0.25) is 0 Å². The van der Waals surface area contributed by atoms with Gasteiger partial charge < -0.3 is 40.2 Å². The summed E-state index contributed by atoms with van der Waals surface area (Å²) in [5, 5.41) is 36.1. The first-order valence-electron chi connectivity index (χ1n) is 12.6. The van der Waals surface area contributed by atoms with E-state index in [4.69, 9.17) is 14.2 Å². The first-order chi connectivity index (χ1) is 17.9. The van der Waals surface area contributed by atoms with Crippen LogP contribution in [0.3, 0.4) is 0 Å². The average Bonchev–Trinajstić information content (AvgIpc) is 3.03. The lowest BCUT2D eigenvalue weighted by Gasteiger charge is -2.28. The maximum atomic E-state index is 12.8. The van der Waals surface area contributed by atoms with Gasteiger partial charge in [0.15, 0.2) is 6.10 Å². The molecule has 1 aromatic rings. The molecule has 1 aliphatic heterocycles. The minimum Gasteiger partial charge on any atom is -0.434 e. The van der Waals surface area contributed by atoms with E-state index in [-0.39, 0.29) is 31.4 Å². The van der Waals surface area contributed by atoms with E-state index in [1.807, 2.05) is 51.1 Å². The summed E-state index contributed by atoms with van der Waals surface area (Å²) in [6.07, 6.45) is -4.02. The van der Waals surface area contributed by atoms with E-state index < -0.39 is 54.5 Å². The van der Waals surface area contributed by atoms with Gasteiger partial charge in [-0.05, 0) is 23.8 Å². The largest absolute Gasteiger partial charge is 0.508 e. The van der Waals surface area contributed by atoms with Crippen molar-refractivity contribution in [1.29, 1.82) is 0 Å². The molecule has 11 heteroatoms. The predicted molar refractivity (Wildman–Crippen MR) is 138 cm³/mol. The Balaban J connectivity index is 1.86. The lowest BCUT2D eigenvalue weighted by molar-refractivity contribution is -0.150. The smallest absolute Gasteiger partial charge is 0.434 e. The van der Waals surface area contributed by atoms with Crippen LogP contribution in [0.15, 0.2) is 42.5 Å². The third-order valence-corrected chi connectivity index (χ3v) is 5.95. The summed E-state index contributed by atoms with van der Waals surface area (Å²) >= 11 is 0. The number of benzene rings is 1. The van der Waals surface area contributed by atoms with Crippen LogP contribution >= 0.6 is 0 Å². The Morgan fingerprint density at radius 1 is 1.13 bits per heavy atom. The molecule has 1 saturated heterocycles. The quantitative estimate of drug-likeness (QED) is 0.204. The Morgan fingerprint density at radius 3 is 2.45 bits per heavy atom. The van der Waals surface area contributed by atoms with Gasteiger partial charge in [0, 0.05) is 13.5 Å². The summed E-state index contributed by atoms with van der Waals surface area (Å²) in [4.78, 5) is 37.4. The number of aliphatic hydroxyl groups excluding tert-OH is 3. The van der Waals surface area contributed by atoms with Gasteiger partial charge in [-0.15, -0.1) is 0 Å². The molecular weight excluding hydrogens is 496 g/mol. The number of carbonyl (C=O) groups excluding carboxylic acids is 3. The molecule has 0 bridgehead atoms. The number of nitrogens with one attached hydrogen (secondary N) is 2. The molecule has 0 radical (unpaired) electrons. The molecule has 1 fully saturated rings. The molecule has 2 amide bonds. The Kier molecular flexibility index (Phi) is 12.2. The fraction of sp³-hybridized carbons (Fsp3) is 0.593. The minimum atomic E-state index is -1.77. The van der Waals surface area contributed by atoms with Gasteiger partial charge in [0.1, 0.15) is 30.5 Å². The summed E-state index contributed by atoms with van der Waals surface area (Å²) in [7, 11) is 1.16. The van der Waals surface area contributed by atoms with Gasteiger partial charge in [-0.25, -0.2) is 4.79 Å². The first kappa shape index (κ1) is 31.2. The molecule has 0 spiro atoms. The van der Waals surface area contributed by atoms with Gasteiger partial charge in [-0.1, -0.05) is 63.3 Å². The van der Waals surface area contributed by atoms with Crippen molar-refractivity contribution >= 4 is 18.0 Å². The maximum Gasteiger partial charge on any atom is 0.508 e. The second kappa shape index (κ2) is 14.8. The normalized spacial score (nSPS) is 21.5. The number of carbonyl (C=O) groups is 3. The highest BCUT2D eigenvalue weighted by Gasteiger charge is 2.37. The van der Waals surface area contributed by atoms with E-state index in [9.17, 15) is 29.7 Å². The van der Waals surface area contributed by atoms with Gasteiger partial charge in [-0.2, -0.15) is 0 Å². The number of amides is 2. The highest BCUT2D eigenvalue weighted by Crippen LogP contribution is 2.17. The molecule has 0 saturated carbocycles. The third-order valence-electron chi connectivity index (χ3n) is 5.95. The fourth-order valence-electron chi connectivity index (χ4n) is 3.77. The summed E-state index contributed by atoms with van der Waals surface area (Å²) < 4.78 is 15.5. The van der Waals surface area contributed by atoms with Crippen LogP contribution in [0.4, 0.5) is 4.79 Å². The zero-order valence-electron chi connectivity index (χ0n) is 22.3. The topological polar surface area (TPSA) is 164 Å². The summed E-state index contributed by atoms with van der Waals surface area (Å²) in [5.41, 5.74) is 0.750. The monoisotopic (exact) mass is 536 g/mol. The molecule has 2 rings (SSSR count). The Hall–Kier alpha value is -2.99. The lowest BCUT2D eigenvalue weighted by atomic mass is 9.94. The van der Waals surface area contributed by atoms with Crippen LogP contribution in [0.5, 0.6) is 0 Å². The van der Waals surface area contributed by atoms with Crippen molar-refractivity contribution in [1.82, 2.24) is 10.6 Å². The van der Waals surface area contributed by atoms with Crippen molar-refractivity contribution in [2.45, 2.75) is 76.6 Å². The van der Waals surface area contributed by atoms with Gasteiger partial charge >= 0.3 is 6.16 Å². The predicted octanol–water partition coefficient (Wildman–Crippen LogP) is 0.846. The number of rotatable bonds is 11. The molecule has 0 aliphatic carbocycles. The van der Waals surface area contributed by atoms with Crippen molar-refractivity contribution in [2.24, 2.45) is 5.41 Å². The van der Waals surface area contributed by atoms with Crippen LogP contribution < -0.4 is 10.6 Å². The Bertz CT molecular complexity index is 932. The molecule has 38 heavy (non-hydrogen) atoms. The van der Waals surface area contributed by atoms with E-state index in [0.29, 0.717) is 6.42 Å². The number of aliphatic hydroxyl groups is 3. The van der Waals surface area contributed by atoms with E-state index in [0.717, 1.165) is 12.7 Å². The van der Waals surface area contributed by atoms with Crippen molar-refractivity contribution in [3.8, 4) is 0 Å². The average molecular weight is 537 g/mol. The Labute approximate surface area is 223 Å². The highest BCUT2D eigenvalue weighted by molar-refractivity contribution is 5.89. The molecule has 11 nitrogen and oxygen atoms in total. The van der Waals surface area contributed by atoms with Crippen molar-refractivity contribution in [3.05, 3.63) is 48.0 Å². The molecule has 6 unspecified atom stereocenters. The van der Waals surface area contributed by atoms with Crippen LogP contribution in [0, 0.1) is 5.41 Å². The van der Waals surface area contributed by atoms with Gasteiger partial charge in [0.05, 0.1) is 13.2 Å². The molecule has 1 aromatic carbocycles. The van der Waals surface area contributed by atoms with Crippen LogP contribution in [-0.2, 0) is 30.2 Å². The molecule has 1 heterocycles. The van der Waals surface area contributed by atoms with Gasteiger partial charge in [0.2, 0.25) is 5.91 Å². The van der Waals surface area contributed by atoms with Crippen molar-refractivity contribution in [2.75, 3.05) is 20.3 Å².